The number of ether oxygens (including phenoxy) is 3. The summed E-state index contributed by atoms with van der Waals surface area (Å²) in [5, 5.41) is 0. The van der Waals surface area contributed by atoms with E-state index in [1.807, 2.05) is 12.1 Å². The van der Waals surface area contributed by atoms with Gasteiger partial charge in [0.2, 0.25) is 0 Å². The van der Waals surface area contributed by atoms with E-state index in [4.69, 9.17) is 14.2 Å². The Morgan fingerprint density at radius 2 is 1.75 bits per heavy atom. The Morgan fingerprint density at radius 1 is 1.12 bits per heavy atom. The van der Waals surface area contributed by atoms with Gasteiger partial charge in [-0.1, -0.05) is 6.92 Å². The average Bonchev–Trinajstić information content (AvgIpc) is 2.35. The Balaban J connectivity index is 2.24. The highest BCUT2D eigenvalue weighted by Crippen LogP contribution is 2.16. The van der Waals surface area contributed by atoms with Gasteiger partial charge in [-0.2, -0.15) is 0 Å². The number of methoxy groups -OCH3 is 1. The number of hydrogen-bond donors (Lipinski definition) is 0. The van der Waals surface area contributed by atoms with Crippen LogP contribution in [0.1, 0.15) is 13.3 Å². The SMILES string of the molecule is CCC(=O)OCCOc1ccc(OC)cc1. The quantitative estimate of drug-likeness (QED) is 0.548. The van der Waals surface area contributed by atoms with Crippen LogP contribution >= 0.6 is 0 Å². The number of hydrogen-bond acceptors (Lipinski definition) is 4. The molecule has 0 bridgehead atoms. The molecule has 0 spiro atoms. The topological polar surface area (TPSA) is 44.8 Å². The highest BCUT2D eigenvalue weighted by atomic mass is 16.6. The molecule has 0 saturated carbocycles. The average molecular weight is 224 g/mol. The standard InChI is InChI=1S/C12H16O4/c1-3-12(13)16-9-8-15-11-6-4-10(14-2)5-7-11/h4-7H,3,8-9H2,1-2H3. The minimum atomic E-state index is -0.210. The highest BCUT2D eigenvalue weighted by molar-refractivity contribution is 5.68. The summed E-state index contributed by atoms with van der Waals surface area (Å²) < 4.78 is 15.3. The molecule has 1 rings (SSSR count). The Morgan fingerprint density at radius 3 is 2.31 bits per heavy atom. The summed E-state index contributed by atoms with van der Waals surface area (Å²) in [6.07, 6.45) is 0.391. The molecular formula is C12H16O4. The van der Waals surface area contributed by atoms with E-state index in [9.17, 15) is 4.79 Å². The first kappa shape index (κ1) is 12.4. The second-order valence-electron chi connectivity index (χ2n) is 3.10. The first-order chi connectivity index (χ1) is 7.76. The van der Waals surface area contributed by atoms with E-state index < -0.39 is 0 Å². The number of esters is 1. The lowest BCUT2D eigenvalue weighted by molar-refractivity contribution is -0.143. The summed E-state index contributed by atoms with van der Waals surface area (Å²) in [4.78, 5) is 10.8. The van der Waals surface area contributed by atoms with Crippen LogP contribution in [0.4, 0.5) is 0 Å². The van der Waals surface area contributed by atoms with E-state index in [0.717, 1.165) is 11.5 Å². The lowest BCUT2D eigenvalue weighted by atomic mass is 10.3. The van der Waals surface area contributed by atoms with Gasteiger partial charge < -0.3 is 14.2 Å². The van der Waals surface area contributed by atoms with Crippen molar-refractivity contribution in [2.75, 3.05) is 20.3 Å². The molecule has 1 aromatic carbocycles. The zero-order valence-electron chi connectivity index (χ0n) is 9.56. The zero-order valence-corrected chi connectivity index (χ0v) is 9.56. The molecule has 0 atom stereocenters. The van der Waals surface area contributed by atoms with Gasteiger partial charge in [-0.25, -0.2) is 0 Å². The maximum Gasteiger partial charge on any atom is 0.305 e. The van der Waals surface area contributed by atoms with Crippen molar-refractivity contribution in [1.29, 1.82) is 0 Å². The van der Waals surface area contributed by atoms with Crippen LogP contribution in [0.5, 0.6) is 11.5 Å². The third kappa shape index (κ3) is 4.21. The van der Waals surface area contributed by atoms with Crippen molar-refractivity contribution >= 4 is 5.97 Å². The fourth-order valence-electron chi connectivity index (χ4n) is 1.09. The van der Waals surface area contributed by atoms with Gasteiger partial charge in [-0.3, -0.25) is 4.79 Å². The second kappa shape index (κ2) is 6.71. The molecule has 0 heterocycles. The Hall–Kier alpha value is -1.71. The van der Waals surface area contributed by atoms with Crippen LogP contribution in [0.3, 0.4) is 0 Å². The molecule has 0 aliphatic carbocycles. The van der Waals surface area contributed by atoms with Crippen LogP contribution < -0.4 is 9.47 Å². The summed E-state index contributed by atoms with van der Waals surface area (Å²) in [5.41, 5.74) is 0. The Labute approximate surface area is 95.1 Å². The van der Waals surface area contributed by atoms with Crippen molar-refractivity contribution in [3.05, 3.63) is 24.3 Å². The number of benzene rings is 1. The third-order valence-electron chi connectivity index (χ3n) is 1.96. The van der Waals surface area contributed by atoms with E-state index in [0.29, 0.717) is 13.0 Å². The van der Waals surface area contributed by atoms with Gasteiger partial charge in [0.25, 0.3) is 0 Å². The van der Waals surface area contributed by atoms with E-state index in [1.54, 1.807) is 26.2 Å². The van der Waals surface area contributed by atoms with Crippen molar-refractivity contribution in [1.82, 2.24) is 0 Å². The second-order valence-corrected chi connectivity index (χ2v) is 3.10. The van der Waals surface area contributed by atoms with Crippen molar-refractivity contribution in [3.63, 3.8) is 0 Å². The molecule has 0 aromatic heterocycles. The Kier molecular flexibility index (Phi) is 5.19. The van der Waals surface area contributed by atoms with Crippen molar-refractivity contribution < 1.29 is 19.0 Å². The first-order valence-corrected chi connectivity index (χ1v) is 5.18. The molecule has 0 unspecified atom stereocenters. The van der Waals surface area contributed by atoms with E-state index in [1.165, 1.54) is 0 Å². The molecule has 0 radical (unpaired) electrons. The molecule has 0 N–H and O–H groups in total. The molecule has 0 fully saturated rings. The van der Waals surface area contributed by atoms with Crippen LogP contribution in [-0.2, 0) is 9.53 Å². The summed E-state index contributed by atoms with van der Waals surface area (Å²) in [6, 6.07) is 7.24. The van der Waals surface area contributed by atoms with Crippen LogP contribution in [0.15, 0.2) is 24.3 Å². The number of carbonyl (C=O) groups excluding carboxylic acids is 1. The molecule has 0 saturated heterocycles. The van der Waals surface area contributed by atoms with Crippen LogP contribution in [0.2, 0.25) is 0 Å². The van der Waals surface area contributed by atoms with Gasteiger partial charge >= 0.3 is 5.97 Å². The van der Waals surface area contributed by atoms with Crippen molar-refractivity contribution in [2.24, 2.45) is 0 Å². The number of rotatable bonds is 6. The Bertz CT molecular complexity index is 318. The van der Waals surface area contributed by atoms with E-state index in [-0.39, 0.29) is 12.6 Å². The molecule has 88 valence electrons. The molecule has 4 nitrogen and oxygen atoms in total. The summed E-state index contributed by atoms with van der Waals surface area (Å²) >= 11 is 0. The summed E-state index contributed by atoms with van der Waals surface area (Å²) in [7, 11) is 1.61. The predicted octanol–water partition coefficient (Wildman–Crippen LogP) is 2.03. The molecule has 4 heteroatoms. The smallest absolute Gasteiger partial charge is 0.305 e. The van der Waals surface area contributed by atoms with Crippen LogP contribution in [-0.4, -0.2) is 26.3 Å². The molecule has 0 aliphatic heterocycles. The zero-order chi connectivity index (χ0) is 11.8. The van der Waals surface area contributed by atoms with Crippen LogP contribution in [0, 0.1) is 0 Å². The summed E-state index contributed by atoms with van der Waals surface area (Å²) in [6.45, 7) is 2.39. The highest BCUT2D eigenvalue weighted by Gasteiger charge is 1.98. The first-order valence-electron chi connectivity index (χ1n) is 5.18. The molecule has 16 heavy (non-hydrogen) atoms. The van der Waals surface area contributed by atoms with Gasteiger partial charge in [0.05, 0.1) is 7.11 Å². The van der Waals surface area contributed by atoms with Gasteiger partial charge in [0.1, 0.15) is 24.7 Å². The molecule has 0 amide bonds. The minimum absolute atomic E-state index is 0.210. The minimum Gasteiger partial charge on any atom is -0.497 e. The maximum absolute atomic E-state index is 10.8. The third-order valence-corrected chi connectivity index (χ3v) is 1.96. The fraction of sp³-hybridized carbons (Fsp3) is 0.417. The van der Waals surface area contributed by atoms with Crippen molar-refractivity contribution in [2.45, 2.75) is 13.3 Å². The molecule has 0 aliphatic rings. The van der Waals surface area contributed by atoms with Gasteiger partial charge in [0.15, 0.2) is 0 Å². The molecular weight excluding hydrogens is 208 g/mol. The van der Waals surface area contributed by atoms with E-state index in [2.05, 4.69) is 0 Å². The fourth-order valence-corrected chi connectivity index (χ4v) is 1.09. The monoisotopic (exact) mass is 224 g/mol. The largest absolute Gasteiger partial charge is 0.497 e. The van der Waals surface area contributed by atoms with Gasteiger partial charge in [-0.15, -0.1) is 0 Å². The maximum atomic E-state index is 10.8. The lowest BCUT2D eigenvalue weighted by Crippen LogP contribution is -2.11. The number of carbonyl (C=O) groups is 1. The van der Waals surface area contributed by atoms with Crippen molar-refractivity contribution in [3.8, 4) is 11.5 Å². The molecule has 1 aromatic rings. The summed E-state index contributed by atoms with van der Waals surface area (Å²) in [5.74, 6) is 1.30. The normalized spacial score (nSPS) is 9.62. The van der Waals surface area contributed by atoms with Gasteiger partial charge in [-0.05, 0) is 24.3 Å². The van der Waals surface area contributed by atoms with E-state index >= 15 is 0 Å². The van der Waals surface area contributed by atoms with Gasteiger partial charge in [0, 0.05) is 6.42 Å². The van der Waals surface area contributed by atoms with Crippen LogP contribution in [0.25, 0.3) is 0 Å². The predicted molar refractivity (Wildman–Crippen MR) is 59.7 cm³/mol. The lowest BCUT2D eigenvalue weighted by Gasteiger charge is -2.07.